The van der Waals surface area contributed by atoms with E-state index in [9.17, 15) is 9.59 Å². The minimum atomic E-state index is -0.695. The highest BCUT2D eigenvalue weighted by molar-refractivity contribution is 6.30. The molecule has 38 heavy (non-hydrogen) atoms. The fraction of sp³-hybridized carbons (Fsp3) is 0.379. The number of primary amides is 1. The van der Waals surface area contributed by atoms with Gasteiger partial charge in [-0.2, -0.15) is 0 Å². The number of nitrogens with one attached hydrogen (secondary N) is 1. The van der Waals surface area contributed by atoms with Gasteiger partial charge in [-0.15, -0.1) is 0 Å². The van der Waals surface area contributed by atoms with Crippen LogP contribution in [0.4, 0.5) is 5.82 Å². The monoisotopic (exact) mass is 536 g/mol. The Kier molecular flexibility index (Phi) is 9.83. The molecule has 3 aromatic rings. The number of hydrogen-bond donors (Lipinski definition) is 2. The second kappa shape index (κ2) is 12.8. The van der Waals surface area contributed by atoms with Crippen molar-refractivity contribution in [3.05, 3.63) is 65.3 Å². The lowest BCUT2D eigenvalue weighted by Crippen LogP contribution is -2.61. The number of aromatic nitrogens is 2. The van der Waals surface area contributed by atoms with Crippen LogP contribution in [0.5, 0.6) is 0 Å². The SMILES string of the molecule is CC.CCNC1(C(N)=O)CCN(c2cnc(-c3ccc(Cl)cc3)c(-c3ccc(C(=O)N(C)C)cc3)n2)CC1. The number of carbonyl (C=O) groups excluding carboxylic acids is 2. The van der Waals surface area contributed by atoms with Crippen LogP contribution in [-0.4, -0.2) is 66.0 Å². The lowest BCUT2D eigenvalue weighted by molar-refractivity contribution is -0.125. The molecule has 1 fully saturated rings. The van der Waals surface area contributed by atoms with E-state index in [-0.39, 0.29) is 11.8 Å². The molecular weight excluding hydrogens is 500 g/mol. The second-order valence-electron chi connectivity index (χ2n) is 9.17. The number of anilines is 1. The molecule has 3 N–H and O–H groups in total. The summed E-state index contributed by atoms with van der Waals surface area (Å²) in [6.07, 6.45) is 2.95. The Morgan fingerprint density at radius 3 is 2.08 bits per heavy atom. The van der Waals surface area contributed by atoms with Gasteiger partial charge in [0.05, 0.1) is 17.6 Å². The van der Waals surface area contributed by atoms with Crippen molar-refractivity contribution in [2.24, 2.45) is 5.73 Å². The maximum atomic E-state index is 12.4. The predicted octanol–water partition coefficient (Wildman–Crippen LogP) is 4.63. The van der Waals surface area contributed by atoms with Crippen LogP contribution >= 0.6 is 11.6 Å². The van der Waals surface area contributed by atoms with E-state index in [0.29, 0.717) is 48.8 Å². The molecule has 8 nitrogen and oxygen atoms in total. The van der Waals surface area contributed by atoms with Crippen molar-refractivity contribution in [2.75, 3.05) is 38.6 Å². The minimum Gasteiger partial charge on any atom is -0.368 e. The van der Waals surface area contributed by atoms with Crippen molar-refractivity contribution in [3.8, 4) is 22.5 Å². The van der Waals surface area contributed by atoms with Crippen LogP contribution in [-0.2, 0) is 4.79 Å². The van der Waals surface area contributed by atoms with Crippen LogP contribution in [0.2, 0.25) is 5.02 Å². The number of amides is 2. The lowest BCUT2D eigenvalue weighted by Gasteiger charge is -2.40. The van der Waals surface area contributed by atoms with Crippen molar-refractivity contribution >= 4 is 29.2 Å². The van der Waals surface area contributed by atoms with E-state index in [4.69, 9.17) is 27.3 Å². The molecule has 202 valence electrons. The minimum absolute atomic E-state index is 0.0637. The van der Waals surface area contributed by atoms with E-state index in [1.165, 1.54) is 0 Å². The number of benzene rings is 2. The van der Waals surface area contributed by atoms with E-state index in [0.717, 1.165) is 22.6 Å². The molecule has 0 unspecified atom stereocenters. The molecule has 0 aliphatic carbocycles. The van der Waals surface area contributed by atoms with Crippen LogP contribution in [0.25, 0.3) is 22.5 Å². The van der Waals surface area contributed by atoms with Gasteiger partial charge in [0.25, 0.3) is 5.91 Å². The predicted molar refractivity (Wildman–Crippen MR) is 154 cm³/mol. The number of hydrogen-bond acceptors (Lipinski definition) is 6. The summed E-state index contributed by atoms with van der Waals surface area (Å²) in [5.41, 5.74) is 8.80. The van der Waals surface area contributed by atoms with Crippen molar-refractivity contribution in [1.29, 1.82) is 0 Å². The molecule has 1 aromatic heterocycles. The van der Waals surface area contributed by atoms with Gasteiger partial charge in [-0.05, 0) is 43.7 Å². The highest BCUT2D eigenvalue weighted by atomic mass is 35.5. The quantitative estimate of drug-likeness (QED) is 0.456. The number of halogens is 1. The van der Waals surface area contributed by atoms with E-state index in [2.05, 4.69) is 10.2 Å². The van der Waals surface area contributed by atoms with Crippen LogP contribution in [0, 0.1) is 0 Å². The van der Waals surface area contributed by atoms with Gasteiger partial charge in [-0.1, -0.05) is 56.6 Å². The number of rotatable bonds is 7. The van der Waals surface area contributed by atoms with E-state index in [1.54, 1.807) is 37.3 Å². The highest BCUT2D eigenvalue weighted by Gasteiger charge is 2.39. The Labute approximate surface area is 230 Å². The Balaban J connectivity index is 0.00000195. The smallest absolute Gasteiger partial charge is 0.253 e. The molecule has 1 aliphatic rings. The first-order chi connectivity index (χ1) is 18.2. The summed E-state index contributed by atoms with van der Waals surface area (Å²) in [7, 11) is 3.46. The maximum Gasteiger partial charge on any atom is 0.253 e. The molecule has 0 spiro atoms. The third-order valence-corrected chi connectivity index (χ3v) is 6.87. The van der Waals surface area contributed by atoms with E-state index in [1.807, 2.05) is 57.2 Å². The first-order valence-electron chi connectivity index (χ1n) is 13.0. The molecule has 4 rings (SSSR count). The average molecular weight is 537 g/mol. The standard InChI is InChI=1S/C27H31ClN6O2.C2H6/c1-4-31-27(26(29)36)13-15-34(16-14-27)22-17-30-23(18-9-11-21(28)12-10-18)24(32-22)19-5-7-20(8-6-19)25(35)33(2)3;1-2/h5-12,17,31H,4,13-16H2,1-3H3,(H2,29,36);1-2H3. The summed E-state index contributed by atoms with van der Waals surface area (Å²) in [6.45, 7) is 7.90. The summed E-state index contributed by atoms with van der Waals surface area (Å²) in [6, 6.07) is 14.9. The number of nitrogens with zero attached hydrogens (tertiary/aromatic N) is 4. The highest BCUT2D eigenvalue weighted by Crippen LogP contribution is 2.33. The number of piperidine rings is 1. The molecule has 0 saturated carbocycles. The average Bonchev–Trinajstić information content (AvgIpc) is 2.94. The van der Waals surface area contributed by atoms with Gasteiger partial charge in [0.1, 0.15) is 11.4 Å². The summed E-state index contributed by atoms with van der Waals surface area (Å²) < 4.78 is 0. The first kappa shape index (κ1) is 29.1. The Bertz CT molecular complexity index is 1240. The molecule has 1 saturated heterocycles. The largest absolute Gasteiger partial charge is 0.368 e. The van der Waals surface area contributed by atoms with Gasteiger partial charge in [0, 0.05) is 48.9 Å². The molecule has 0 atom stereocenters. The van der Waals surface area contributed by atoms with Gasteiger partial charge >= 0.3 is 0 Å². The van der Waals surface area contributed by atoms with Crippen LogP contribution in [0.3, 0.4) is 0 Å². The molecule has 2 heterocycles. The zero-order chi connectivity index (χ0) is 27.9. The van der Waals surface area contributed by atoms with Gasteiger partial charge in [-0.3, -0.25) is 14.6 Å². The molecule has 2 amide bonds. The molecule has 0 radical (unpaired) electrons. The van der Waals surface area contributed by atoms with E-state index >= 15 is 0 Å². The van der Waals surface area contributed by atoms with Gasteiger partial charge in [-0.25, -0.2) is 4.98 Å². The molecule has 0 bridgehead atoms. The zero-order valence-corrected chi connectivity index (χ0v) is 23.5. The second-order valence-corrected chi connectivity index (χ2v) is 9.61. The Morgan fingerprint density at radius 2 is 1.55 bits per heavy atom. The third-order valence-electron chi connectivity index (χ3n) is 6.62. The summed E-state index contributed by atoms with van der Waals surface area (Å²) in [4.78, 5) is 38.0. The fourth-order valence-electron chi connectivity index (χ4n) is 4.55. The molecule has 2 aromatic carbocycles. The third kappa shape index (κ3) is 6.31. The summed E-state index contributed by atoms with van der Waals surface area (Å²) >= 11 is 6.11. The summed E-state index contributed by atoms with van der Waals surface area (Å²) in [5, 5.41) is 3.93. The Morgan fingerprint density at radius 1 is 1.00 bits per heavy atom. The number of likely N-dealkylation sites (N-methyl/N-ethyl adjacent to an activating group) is 1. The van der Waals surface area contributed by atoms with Crippen molar-refractivity contribution in [2.45, 2.75) is 39.2 Å². The van der Waals surface area contributed by atoms with Crippen LogP contribution in [0.15, 0.2) is 54.7 Å². The normalized spacial score (nSPS) is 14.3. The molecular formula is C29H37ClN6O2. The number of carbonyl (C=O) groups is 2. The molecule has 1 aliphatic heterocycles. The Hall–Kier alpha value is -3.49. The van der Waals surface area contributed by atoms with Crippen molar-refractivity contribution in [3.63, 3.8) is 0 Å². The van der Waals surface area contributed by atoms with Crippen LogP contribution < -0.4 is 16.0 Å². The summed E-state index contributed by atoms with van der Waals surface area (Å²) in [5.74, 6) is 0.346. The van der Waals surface area contributed by atoms with Gasteiger partial charge < -0.3 is 20.9 Å². The van der Waals surface area contributed by atoms with Gasteiger partial charge in [0.2, 0.25) is 5.91 Å². The van der Waals surface area contributed by atoms with Crippen molar-refractivity contribution < 1.29 is 9.59 Å². The van der Waals surface area contributed by atoms with E-state index < -0.39 is 5.54 Å². The topological polar surface area (TPSA) is 104 Å². The number of nitrogens with two attached hydrogens (primary N) is 1. The van der Waals surface area contributed by atoms with Crippen molar-refractivity contribution in [1.82, 2.24) is 20.2 Å². The lowest BCUT2D eigenvalue weighted by atomic mass is 9.86. The first-order valence-corrected chi connectivity index (χ1v) is 13.4. The van der Waals surface area contributed by atoms with Gasteiger partial charge in [0.15, 0.2) is 0 Å². The maximum absolute atomic E-state index is 12.4. The molecule has 9 heteroatoms. The van der Waals surface area contributed by atoms with Crippen LogP contribution in [0.1, 0.15) is 44.0 Å². The zero-order valence-electron chi connectivity index (χ0n) is 22.8. The fourth-order valence-corrected chi connectivity index (χ4v) is 4.67.